The Morgan fingerprint density at radius 3 is 2.49 bits per heavy atom. The van der Waals surface area contributed by atoms with Gasteiger partial charge in [-0.2, -0.15) is 0 Å². The molecule has 0 amide bonds. The molecule has 2 aromatic carbocycles. The molecule has 2 aliphatic heterocycles. The SMILES string of the molecule is C/N=C\c1ccc2c3c([nH]c2c1)C1(CCOCC1)c1cc(N2CCN(C(C)(C)C)CC2)c(Br)cc1C3=O. The minimum absolute atomic E-state index is 0.107. The number of ketones is 1. The van der Waals surface area contributed by atoms with Gasteiger partial charge in [0, 0.05) is 90.2 Å². The normalized spacial score (nSPS) is 20.1. The molecule has 1 aliphatic carbocycles. The van der Waals surface area contributed by atoms with Gasteiger partial charge in [0.25, 0.3) is 0 Å². The predicted molar refractivity (Wildman–Crippen MR) is 154 cm³/mol. The number of piperazine rings is 1. The molecule has 0 saturated carbocycles. The lowest BCUT2D eigenvalue weighted by atomic mass is 9.64. The predicted octanol–water partition coefficient (Wildman–Crippen LogP) is 5.54. The van der Waals surface area contributed by atoms with Crippen molar-refractivity contribution in [2.24, 2.45) is 4.99 Å². The average molecular weight is 564 g/mol. The maximum absolute atomic E-state index is 14.1. The number of fused-ring (bicyclic) bond motifs is 6. The Morgan fingerprint density at radius 2 is 1.81 bits per heavy atom. The number of nitrogens with one attached hydrogen (secondary N) is 1. The number of rotatable bonds is 2. The minimum atomic E-state index is -0.266. The van der Waals surface area contributed by atoms with Gasteiger partial charge in [-0.3, -0.25) is 14.7 Å². The van der Waals surface area contributed by atoms with Gasteiger partial charge in [0.1, 0.15) is 0 Å². The van der Waals surface area contributed by atoms with E-state index in [0.29, 0.717) is 13.2 Å². The number of carbonyl (C=O) groups is 1. The fourth-order valence-electron chi connectivity index (χ4n) is 6.55. The highest BCUT2D eigenvalue weighted by Gasteiger charge is 2.47. The number of carbonyl (C=O) groups excluding carboxylic acids is 1. The third kappa shape index (κ3) is 3.98. The Bertz CT molecular complexity index is 1400. The van der Waals surface area contributed by atoms with Crippen molar-refractivity contribution in [3.63, 3.8) is 0 Å². The molecular formula is C30H35BrN4O2. The van der Waals surface area contributed by atoms with Gasteiger partial charge in [-0.25, -0.2) is 0 Å². The zero-order valence-corrected chi connectivity index (χ0v) is 23.7. The molecule has 3 aromatic rings. The van der Waals surface area contributed by atoms with Gasteiger partial charge in [0.2, 0.25) is 0 Å². The highest BCUT2D eigenvalue weighted by molar-refractivity contribution is 9.10. The Hall–Kier alpha value is -2.48. The maximum Gasteiger partial charge on any atom is 0.195 e. The molecule has 2 saturated heterocycles. The number of anilines is 1. The summed E-state index contributed by atoms with van der Waals surface area (Å²) in [6, 6.07) is 10.6. The van der Waals surface area contributed by atoms with E-state index in [1.165, 1.54) is 5.69 Å². The van der Waals surface area contributed by atoms with Crippen molar-refractivity contribution < 1.29 is 9.53 Å². The molecule has 2 fully saturated rings. The maximum atomic E-state index is 14.1. The van der Waals surface area contributed by atoms with E-state index >= 15 is 0 Å². The van der Waals surface area contributed by atoms with Crippen molar-refractivity contribution in [2.45, 2.75) is 44.6 Å². The van der Waals surface area contributed by atoms with E-state index in [4.69, 9.17) is 4.74 Å². The number of hydrogen-bond acceptors (Lipinski definition) is 5. The number of aromatic nitrogens is 1. The second-order valence-electron chi connectivity index (χ2n) is 11.6. The smallest absolute Gasteiger partial charge is 0.195 e. The van der Waals surface area contributed by atoms with Crippen molar-refractivity contribution in [3.8, 4) is 0 Å². The fourth-order valence-corrected chi connectivity index (χ4v) is 7.15. The van der Waals surface area contributed by atoms with Crippen LogP contribution in [0.1, 0.15) is 66.4 Å². The number of H-pyrrole nitrogens is 1. The lowest BCUT2D eigenvalue weighted by Gasteiger charge is -2.44. The van der Waals surface area contributed by atoms with Gasteiger partial charge < -0.3 is 14.6 Å². The van der Waals surface area contributed by atoms with Crippen molar-refractivity contribution in [2.75, 3.05) is 51.3 Å². The van der Waals surface area contributed by atoms with Crippen LogP contribution in [0.3, 0.4) is 0 Å². The van der Waals surface area contributed by atoms with Crippen LogP contribution in [0.15, 0.2) is 39.8 Å². The number of hydrogen-bond donors (Lipinski definition) is 1. The number of benzene rings is 2. The summed E-state index contributed by atoms with van der Waals surface area (Å²) in [6.45, 7) is 12.2. The van der Waals surface area contributed by atoms with E-state index in [0.717, 1.165) is 82.3 Å². The highest BCUT2D eigenvalue weighted by atomic mass is 79.9. The second-order valence-corrected chi connectivity index (χ2v) is 12.4. The van der Waals surface area contributed by atoms with E-state index in [9.17, 15) is 4.79 Å². The summed E-state index contributed by atoms with van der Waals surface area (Å²) in [5.41, 5.74) is 6.95. The number of aliphatic imine (C=N–C) groups is 1. The Morgan fingerprint density at radius 1 is 1.08 bits per heavy atom. The number of nitrogens with zero attached hydrogens (tertiary/aromatic N) is 3. The molecule has 1 N–H and O–H groups in total. The molecule has 0 atom stereocenters. The molecule has 7 heteroatoms. The van der Waals surface area contributed by atoms with E-state index in [-0.39, 0.29) is 16.7 Å². The molecule has 37 heavy (non-hydrogen) atoms. The molecule has 0 bridgehead atoms. The average Bonchev–Trinajstić information content (AvgIpc) is 3.27. The second kappa shape index (κ2) is 9.07. The zero-order valence-electron chi connectivity index (χ0n) is 22.2. The van der Waals surface area contributed by atoms with Gasteiger partial charge in [-0.1, -0.05) is 12.1 Å². The third-order valence-electron chi connectivity index (χ3n) is 8.57. The van der Waals surface area contributed by atoms with Crippen molar-refractivity contribution in [3.05, 3.63) is 62.8 Å². The van der Waals surface area contributed by atoms with E-state index < -0.39 is 0 Å². The first-order chi connectivity index (χ1) is 17.7. The van der Waals surface area contributed by atoms with Crippen LogP contribution in [-0.4, -0.2) is 73.9 Å². The fraction of sp³-hybridized carbons (Fsp3) is 0.467. The zero-order chi connectivity index (χ0) is 25.9. The minimum Gasteiger partial charge on any atom is -0.381 e. The molecule has 0 radical (unpaired) electrons. The lowest BCUT2D eigenvalue weighted by molar-refractivity contribution is 0.0602. The van der Waals surface area contributed by atoms with Crippen LogP contribution in [0.4, 0.5) is 5.69 Å². The van der Waals surface area contributed by atoms with Crippen LogP contribution < -0.4 is 4.90 Å². The van der Waals surface area contributed by atoms with Crippen LogP contribution >= 0.6 is 15.9 Å². The van der Waals surface area contributed by atoms with Gasteiger partial charge in [0.15, 0.2) is 5.78 Å². The number of halogens is 1. The molecule has 6 rings (SSSR count). The summed E-state index contributed by atoms with van der Waals surface area (Å²) in [7, 11) is 1.78. The topological polar surface area (TPSA) is 60.9 Å². The summed E-state index contributed by atoms with van der Waals surface area (Å²) in [6.07, 6.45) is 3.56. The molecule has 194 valence electrons. The summed E-state index contributed by atoms with van der Waals surface area (Å²) in [5, 5.41) is 0.989. The standard InChI is InChI=1S/C30H35BrN4O2/c1-29(2,3)35-11-9-34(10-12-35)25-17-22-21(16-23(25)31)27(36)26-20-6-5-19(18-32-4)15-24(20)33-28(26)30(22)7-13-37-14-8-30/h5-6,15-18,33H,7-14H2,1-4H3/b32-18-. The van der Waals surface area contributed by atoms with Gasteiger partial charge >= 0.3 is 0 Å². The molecule has 1 aromatic heterocycles. The van der Waals surface area contributed by atoms with Gasteiger partial charge in [-0.05, 0) is 78.9 Å². The molecule has 6 nitrogen and oxygen atoms in total. The Kier molecular flexibility index (Phi) is 6.09. The monoisotopic (exact) mass is 562 g/mol. The first kappa shape index (κ1) is 24.8. The Balaban J connectivity index is 1.48. The summed E-state index contributed by atoms with van der Waals surface area (Å²) < 4.78 is 6.85. The van der Waals surface area contributed by atoms with Crippen LogP contribution in [0.25, 0.3) is 10.9 Å². The van der Waals surface area contributed by atoms with Crippen molar-refractivity contribution in [1.29, 1.82) is 0 Å². The largest absolute Gasteiger partial charge is 0.381 e. The van der Waals surface area contributed by atoms with Gasteiger partial charge in [0.05, 0.1) is 11.3 Å². The lowest BCUT2D eigenvalue weighted by Crippen LogP contribution is -2.53. The number of ether oxygens (including phenoxy) is 1. The Labute approximate surface area is 227 Å². The van der Waals surface area contributed by atoms with Gasteiger partial charge in [-0.15, -0.1) is 0 Å². The molecule has 0 unspecified atom stereocenters. The van der Waals surface area contributed by atoms with Crippen molar-refractivity contribution >= 4 is 44.5 Å². The van der Waals surface area contributed by atoms with Crippen LogP contribution in [0, 0.1) is 0 Å². The summed E-state index contributed by atoms with van der Waals surface area (Å²) in [5.74, 6) is 0.107. The third-order valence-corrected chi connectivity index (χ3v) is 9.20. The molecular weight excluding hydrogens is 528 g/mol. The van der Waals surface area contributed by atoms with Crippen molar-refractivity contribution in [1.82, 2.24) is 9.88 Å². The van der Waals surface area contributed by atoms with E-state index in [1.807, 2.05) is 12.3 Å². The highest BCUT2D eigenvalue weighted by Crippen LogP contribution is 2.51. The quantitative estimate of drug-likeness (QED) is 0.416. The van der Waals surface area contributed by atoms with Crippen LogP contribution in [0.2, 0.25) is 0 Å². The van der Waals surface area contributed by atoms with Crippen LogP contribution in [0.5, 0.6) is 0 Å². The molecule has 3 heterocycles. The van der Waals surface area contributed by atoms with E-state index in [2.05, 4.69) is 80.7 Å². The first-order valence-electron chi connectivity index (χ1n) is 13.3. The summed E-state index contributed by atoms with van der Waals surface area (Å²) >= 11 is 3.86. The number of aromatic amines is 1. The van der Waals surface area contributed by atoms with E-state index in [1.54, 1.807) is 7.05 Å². The van der Waals surface area contributed by atoms with Crippen LogP contribution in [-0.2, 0) is 10.2 Å². The molecule has 3 aliphatic rings. The first-order valence-corrected chi connectivity index (χ1v) is 14.1. The summed E-state index contributed by atoms with van der Waals surface area (Å²) in [4.78, 5) is 27.0. The molecule has 1 spiro atoms.